The van der Waals surface area contributed by atoms with Gasteiger partial charge in [0.05, 0.1) is 0 Å². The minimum Gasteiger partial charge on any atom is -0.350 e. The van der Waals surface area contributed by atoms with Gasteiger partial charge < -0.3 is 21.3 Å². The number of hydrogen-bond acceptors (Lipinski definition) is 4. The van der Waals surface area contributed by atoms with Gasteiger partial charge in [0.1, 0.15) is 5.82 Å². The molecule has 2 aromatic rings. The number of carbonyl (C=O) groups is 3. The van der Waals surface area contributed by atoms with Crippen molar-refractivity contribution in [2.45, 2.75) is 57.3 Å². The number of carbonyl (C=O) groups excluding carboxylic acids is 3. The summed E-state index contributed by atoms with van der Waals surface area (Å²) in [6.45, 7) is 2.57. The van der Waals surface area contributed by atoms with Gasteiger partial charge in [0.25, 0.3) is 11.8 Å². The van der Waals surface area contributed by atoms with Crippen LogP contribution in [0, 0.1) is 12.7 Å². The van der Waals surface area contributed by atoms with Crippen molar-refractivity contribution in [2.75, 3.05) is 18.4 Å². The number of nitrogens with two attached hydrogens (primary N) is 1. The lowest BCUT2D eigenvalue weighted by Crippen LogP contribution is -2.65. The topological polar surface area (TPSA) is 108 Å². The van der Waals surface area contributed by atoms with E-state index < -0.39 is 29.8 Å². The number of rotatable bonds is 4. The summed E-state index contributed by atoms with van der Waals surface area (Å²) >= 11 is 0. The molecule has 8 nitrogen and oxygen atoms in total. The maximum absolute atomic E-state index is 13.5. The molecular weight excluding hydrogens is 449 g/mol. The highest BCUT2D eigenvalue weighted by Gasteiger charge is 2.41. The Morgan fingerprint density at radius 1 is 0.914 bits per heavy atom. The number of amides is 4. The second-order valence-electron chi connectivity index (χ2n) is 9.34. The average molecular weight is 482 g/mol. The Morgan fingerprint density at radius 3 is 2.20 bits per heavy atom. The van der Waals surface area contributed by atoms with Crippen molar-refractivity contribution in [2.24, 2.45) is 5.73 Å². The molecule has 4 N–H and O–H groups in total. The molecule has 1 aliphatic carbocycles. The van der Waals surface area contributed by atoms with Crippen LogP contribution in [0.25, 0.3) is 0 Å². The molecule has 4 amide bonds. The Morgan fingerprint density at radius 2 is 1.54 bits per heavy atom. The highest BCUT2D eigenvalue weighted by atomic mass is 19.1. The molecule has 4 rings (SSSR count). The second-order valence-corrected chi connectivity index (χ2v) is 9.34. The van der Waals surface area contributed by atoms with Crippen molar-refractivity contribution >= 4 is 23.5 Å². The molecule has 0 bridgehead atoms. The largest absolute Gasteiger partial charge is 0.350 e. The van der Waals surface area contributed by atoms with Crippen molar-refractivity contribution < 1.29 is 18.8 Å². The van der Waals surface area contributed by atoms with E-state index in [-0.39, 0.29) is 17.6 Å². The van der Waals surface area contributed by atoms with E-state index in [0.29, 0.717) is 25.2 Å². The number of urea groups is 1. The van der Waals surface area contributed by atoms with E-state index in [9.17, 15) is 18.8 Å². The second kappa shape index (κ2) is 10.9. The Hall–Kier alpha value is -3.46. The summed E-state index contributed by atoms with van der Waals surface area (Å²) in [7, 11) is 0. The van der Waals surface area contributed by atoms with Gasteiger partial charge in [-0.25, -0.2) is 9.18 Å². The summed E-state index contributed by atoms with van der Waals surface area (Å²) < 4.78 is 13.4. The maximum atomic E-state index is 13.5. The lowest BCUT2D eigenvalue weighted by molar-refractivity contribution is -0.133. The van der Waals surface area contributed by atoms with Gasteiger partial charge in [-0.1, -0.05) is 17.7 Å². The van der Waals surface area contributed by atoms with E-state index in [2.05, 4.69) is 10.6 Å². The molecule has 1 saturated carbocycles. The van der Waals surface area contributed by atoms with Crippen molar-refractivity contribution in [3.63, 3.8) is 0 Å². The number of aryl methyl sites for hydroxylation is 1. The van der Waals surface area contributed by atoms with Gasteiger partial charge in [0, 0.05) is 36.4 Å². The molecular formula is C26H32FN5O3. The van der Waals surface area contributed by atoms with Crippen LogP contribution in [0.4, 0.5) is 14.9 Å². The van der Waals surface area contributed by atoms with Crippen LogP contribution in [-0.4, -0.2) is 59.0 Å². The van der Waals surface area contributed by atoms with Gasteiger partial charge in [-0.05, 0) is 75.4 Å². The van der Waals surface area contributed by atoms with Crippen molar-refractivity contribution in [1.29, 1.82) is 0 Å². The van der Waals surface area contributed by atoms with Crippen LogP contribution in [0.1, 0.15) is 48.0 Å². The quantitative estimate of drug-likeness (QED) is 0.623. The van der Waals surface area contributed by atoms with Crippen LogP contribution in [0.2, 0.25) is 0 Å². The maximum Gasteiger partial charge on any atom is 0.323 e. The lowest BCUT2D eigenvalue weighted by atomic mass is 9.91. The van der Waals surface area contributed by atoms with E-state index in [1.807, 2.05) is 19.1 Å². The summed E-state index contributed by atoms with van der Waals surface area (Å²) in [5, 5.41) is 5.88. The van der Waals surface area contributed by atoms with Crippen LogP contribution in [0.5, 0.6) is 0 Å². The predicted molar refractivity (Wildman–Crippen MR) is 131 cm³/mol. The zero-order valence-corrected chi connectivity index (χ0v) is 19.9. The lowest BCUT2D eigenvalue weighted by Gasteiger charge is -2.43. The van der Waals surface area contributed by atoms with Crippen LogP contribution in [0.3, 0.4) is 0 Å². The average Bonchev–Trinajstić information content (AvgIpc) is 2.86. The van der Waals surface area contributed by atoms with E-state index >= 15 is 0 Å². The molecule has 186 valence electrons. The first kappa shape index (κ1) is 24.7. The fourth-order valence-corrected chi connectivity index (χ4v) is 4.66. The zero-order chi connectivity index (χ0) is 24.9. The third-order valence-corrected chi connectivity index (χ3v) is 6.66. The van der Waals surface area contributed by atoms with Gasteiger partial charge >= 0.3 is 6.03 Å². The summed E-state index contributed by atoms with van der Waals surface area (Å²) in [4.78, 5) is 43.0. The van der Waals surface area contributed by atoms with Gasteiger partial charge in [0.15, 0.2) is 6.17 Å². The monoisotopic (exact) mass is 481 g/mol. The highest BCUT2D eigenvalue weighted by molar-refractivity contribution is 6.00. The van der Waals surface area contributed by atoms with Crippen LogP contribution in [-0.2, 0) is 4.79 Å². The molecule has 0 radical (unpaired) electrons. The SMILES string of the molecule is Cc1ccc(NC(=O)N2CCCN(C(=O)c3ccc(F)cc3)C2C(=O)NC2CCC(N)CC2)cc1. The van der Waals surface area contributed by atoms with Crippen molar-refractivity contribution in [3.8, 4) is 0 Å². The highest BCUT2D eigenvalue weighted by Crippen LogP contribution is 2.22. The first-order valence-electron chi connectivity index (χ1n) is 12.1. The van der Waals surface area contributed by atoms with Gasteiger partial charge in [-0.15, -0.1) is 0 Å². The molecule has 1 aliphatic heterocycles. The number of nitrogens with zero attached hydrogens (tertiary/aromatic N) is 2. The molecule has 2 fully saturated rings. The summed E-state index contributed by atoms with van der Waals surface area (Å²) in [6, 6.07) is 12.1. The third-order valence-electron chi connectivity index (χ3n) is 6.66. The normalized spacial score (nSPS) is 22.4. The smallest absolute Gasteiger partial charge is 0.323 e. The Bertz CT molecular complexity index is 1050. The van der Waals surface area contributed by atoms with Crippen LogP contribution < -0.4 is 16.4 Å². The van der Waals surface area contributed by atoms with Crippen molar-refractivity contribution in [1.82, 2.24) is 15.1 Å². The van der Waals surface area contributed by atoms with Gasteiger partial charge in [-0.3, -0.25) is 14.5 Å². The van der Waals surface area contributed by atoms with Gasteiger partial charge in [-0.2, -0.15) is 0 Å². The van der Waals surface area contributed by atoms with Crippen LogP contribution in [0.15, 0.2) is 48.5 Å². The van der Waals surface area contributed by atoms with E-state index in [1.54, 1.807) is 12.1 Å². The number of hydrogen-bond donors (Lipinski definition) is 3. The molecule has 0 spiro atoms. The molecule has 1 atom stereocenters. The first-order chi connectivity index (χ1) is 16.8. The first-order valence-corrected chi connectivity index (χ1v) is 12.1. The molecule has 1 unspecified atom stereocenters. The van der Waals surface area contributed by atoms with Gasteiger partial charge in [0.2, 0.25) is 0 Å². The van der Waals surface area contributed by atoms with E-state index in [1.165, 1.54) is 34.1 Å². The predicted octanol–water partition coefficient (Wildman–Crippen LogP) is 3.23. The number of benzene rings is 2. The van der Waals surface area contributed by atoms with Crippen LogP contribution >= 0.6 is 0 Å². The molecule has 0 aromatic heterocycles. The number of nitrogens with one attached hydrogen (secondary N) is 2. The van der Waals surface area contributed by atoms with E-state index in [4.69, 9.17) is 5.73 Å². The number of halogens is 1. The standard InChI is InChI=1S/C26H32FN5O3/c1-17-3-11-22(12-4-17)30-26(35)32-16-2-15-31(25(34)18-5-7-19(27)8-6-18)24(32)23(33)29-21-13-9-20(28)10-14-21/h3-8,11-12,20-21,24H,2,9-10,13-16,28H2,1H3,(H,29,33)(H,30,35). The molecule has 1 heterocycles. The molecule has 2 aliphatic rings. The Labute approximate surface area is 204 Å². The molecule has 9 heteroatoms. The minimum atomic E-state index is -1.12. The molecule has 1 saturated heterocycles. The Balaban J connectivity index is 1.58. The summed E-state index contributed by atoms with van der Waals surface area (Å²) in [5.41, 5.74) is 7.91. The Kier molecular flexibility index (Phi) is 7.65. The van der Waals surface area contributed by atoms with Crippen molar-refractivity contribution in [3.05, 3.63) is 65.5 Å². The summed E-state index contributed by atoms with van der Waals surface area (Å²) in [6.07, 6.45) is 2.51. The fraction of sp³-hybridized carbons (Fsp3) is 0.423. The number of anilines is 1. The minimum absolute atomic E-state index is 0.0611. The summed E-state index contributed by atoms with van der Waals surface area (Å²) in [5.74, 6) is -1.28. The fourth-order valence-electron chi connectivity index (χ4n) is 4.66. The molecule has 35 heavy (non-hydrogen) atoms. The molecule has 2 aromatic carbocycles. The third kappa shape index (κ3) is 5.97. The van der Waals surface area contributed by atoms with E-state index in [0.717, 1.165) is 31.2 Å². The zero-order valence-electron chi connectivity index (χ0n) is 19.9.